The highest BCUT2D eigenvalue weighted by atomic mass is 32.2. The Kier molecular flexibility index (Phi) is 6.20. The van der Waals surface area contributed by atoms with Crippen molar-refractivity contribution in [3.8, 4) is 0 Å². The summed E-state index contributed by atoms with van der Waals surface area (Å²) in [4.78, 5) is 13.1. The lowest BCUT2D eigenvalue weighted by molar-refractivity contribution is -0.136. The van der Waals surface area contributed by atoms with E-state index in [0.717, 1.165) is 5.56 Å². The minimum atomic E-state index is -3.48. The quantitative estimate of drug-likeness (QED) is 0.775. The van der Waals surface area contributed by atoms with Gasteiger partial charge in [-0.05, 0) is 44.7 Å². The molecule has 0 aliphatic carbocycles. The Labute approximate surface area is 161 Å². The number of carbonyl (C=O) groups is 1. The van der Waals surface area contributed by atoms with E-state index >= 15 is 0 Å². The summed E-state index contributed by atoms with van der Waals surface area (Å²) >= 11 is 0. The first-order valence-electron chi connectivity index (χ1n) is 9.53. The fourth-order valence-corrected chi connectivity index (χ4v) is 5.19. The van der Waals surface area contributed by atoms with Crippen LogP contribution in [0.15, 0.2) is 29.2 Å². The Bertz CT molecular complexity index is 750. The summed E-state index contributed by atoms with van der Waals surface area (Å²) in [6.07, 6.45) is 2.48. The smallest absolute Gasteiger partial charge is 0.243 e. The van der Waals surface area contributed by atoms with Gasteiger partial charge in [0.25, 0.3) is 0 Å². The number of piperidine rings is 1. The molecular weight excluding hydrogens is 366 g/mol. The molecule has 27 heavy (non-hydrogen) atoms. The van der Waals surface area contributed by atoms with E-state index in [9.17, 15) is 13.2 Å². The average Bonchev–Trinajstić information content (AvgIpc) is 2.69. The normalized spacial score (nSPS) is 21.7. The second-order valence-corrected chi connectivity index (χ2v) is 9.50. The number of nitrogens with zero attached hydrogens (tertiary/aromatic N) is 1. The van der Waals surface area contributed by atoms with E-state index in [-0.39, 0.29) is 11.9 Å². The highest BCUT2D eigenvalue weighted by Crippen LogP contribution is 2.30. The predicted octanol–water partition coefficient (Wildman–Crippen LogP) is 1.02. The van der Waals surface area contributed by atoms with Gasteiger partial charge in [-0.25, -0.2) is 8.42 Å². The SMILES string of the molecule is Cc1ccc(S(=O)(=O)N2CCC(NC(=O)C3(CN)CCOCC3)CC2)cc1. The van der Waals surface area contributed by atoms with Gasteiger partial charge in [0.2, 0.25) is 15.9 Å². The van der Waals surface area contributed by atoms with Crippen molar-refractivity contribution in [2.24, 2.45) is 11.1 Å². The summed E-state index contributed by atoms with van der Waals surface area (Å²) in [5, 5.41) is 3.10. The first kappa shape index (κ1) is 20.3. The maximum absolute atomic E-state index is 12.8. The van der Waals surface area contributed by atoms with Gasteiger partial charge in [-0.3, -0.25) is 4.79 Å². The van der Waals surface area contributed by atoms with Crippen molar-refractivity contribution in [1.29, 1.82) is 0 Å². The molecule has 150 valence electrons. The van der Waals surface area contributed by atoms with E-state index < -0.39 is 15.4 Å². The summed E-state index contributed by atoms with van der Waals surface area (Å²) < 4.78 is 32.4. The van der Waals surface area contributed by atoms with E-state index in [4.69, 9.17) is 10.5 Å². The lowest BCUT2D eigenvalue weighted by atomic mass is 9.79. The van der Waals surface area contributed by atoms with E-state index in [2.05, 4.69) is 5.32 Å². The van der Waals surface area contributed by atoms with Gasteiger partial charge in [0.15, 0.2) is 0 Å². The Balaban J connectivity index is 1.58. The molecule has 0 bridgehead atoms. The molecule has 0 aromatic heterocycles. The molecule has 2 fully saturated rings. The number of hydrogen-bond donors (Lipinski definition) is 2. The van der Waals surface area contributed by atoms with Crippen molar-refractivity contribution in [2.75, 3.05) is 32.8 Å². The van der Waals surface area contributed by atoms with Crippen LogP contribution < -0.4 is 11.1 Å². The summed E-state index contributed by atoms with van der Waals surface area (Å²) in [5.41, 5.74) is 6.37. The molecule has 2 heterocycles. The first-order valence-corrected chi connectivity index (χ1v) is 11.0. The molecule has 7 nitrogen and oxygen atoms in total. The Morgan fingerprint density at radius 3 is 2.37 bits per heavy atom. The molecule has 8 heteroatoms. The topological polar surface area (TPSA) is 102 Å². The fourth-order valence-electron chi connectivity index (χ4n) is 3.72. The monoisotopic (exact) mass is 395 g/mol. The number of nitrogens with two attached hydrogens (primary N) is 1. The number of hydrogen-bond acceptors (Lipinski definition) is 5. The van der Waals surface area contributed by atoms with Crippen LogP contribution in [-0.4, -0.2) is 57.5 Å². The van der Waals surface area contributed by atoms with Gasteiger partial charge in [0, 0.05) is 38.9 Å². The average molecular weight is 396 g/mol. The Hall–Kier alpha value is -1.48. The second kappa shape index (κ2) is 8.26. The van der Waals surface area contributed by atoms with Crippen molar-refractivity contribution in [3.05, 3.63) is 29.8 Å². The maximum atomic E-state index is 12.8. The number of ether oxygens (including phenoxy) is 1. The number of aryl methyl sites for hydroxylation is 1. The molecule has 1 aromatic rings. The molecule has 0 atom stereocenters. The largest absolute Gasteiger partial charge is 0.381 e. The molecule has 3 N–H and O–H groups in total. The fraction of sp³-hybridized carbons (Fsp3) is 0.632. The third-order valence-electron chi connectivity index (χ3n) is 5.77. The minimum Gasteiger partial charge on any atom is -0.381 e. The predicted molar refractivity (Wildman–Crippen MR) is 103 cm³/mol. The number of sulfonamides is 1. The number of benzene rings is 1. The zero-order chi connectivity index (χ0) is 19.5. The van der Waals surface area contributed by atoms with Crippen LogP contribution in [0.2, 0.25) is 0 Å². The first-order chi connectivity index (χ1) is 12.9. The molecule has 0 saturated carbocycles. The van der Waals surface area contributed by atoms with Crippen molar-refractivity contribution in [2.45, 2.75) is 43.5 Å². The molecule has 0 unspecified atom stereocenters. The van der Waals surface area contributed by atoms with Crippen LogP contribution in [-0.2, 0) is 19.6 Å². The van der Waals surface area contributed by atoms with Gasteiger partial charge in [0.1, 0.15) is 0 Å². The summed E-state index contributed by atoms with van der Waals surface area (Å²) in [6.45, 7) is 4.15. The third-order valence-corrected chi connectivity index (χ3v) is 7.68. The molecule has 2 saturated heterocycles. The van der Waals surface area contributed by atoms with Crippen LogP contribution in [0.1, 0.15) is 31.2 Å². The molecule has 1 amide bonds. The summed E-state index contributed by atoms with van der Waals surface area (Å²) in [5.74, 6) is -0.0202. The highest BCUT2D eigenvalue weighted by molar-refractivity contribution is 7.89. The maximum Gasteiger partial charge on any atom is 0.243 e. The number of rotatable bonds is 5. The molecule has 0 radical (unpaired) electrons. The standard InChI is InChI=1S/C19H29N3O4S/c1-15-2-4-17(5-3-15)27(24,25)22-10-6-16(7-11-22)21-18(23)19(14-20)8-12-26-13-9-19/h2-5,16H,6-14,20H2,1H3,(H,21,23). The minimum absolute atomic E-state index is 0.0202. The zero-order valence-corrected chi connectivity index (χ0v) is 16.6. The van der Waals surface area contributed by atoms with Crippen LogP contribution in [0, 0.1) is 12.3 Å². The lowest BCUT2D eigenvalue weighted by Crippen LogP contribution is -2.54. The molecule has 1 aromatic carbocycles. The molecule has 2 aliphatic rings. The number of carbonyl (C=O) groups excluding carboxylic acids is 1. The Morgan fingerprint density at radius 2 is 1.81 bits per heavy atom. The van der Waals surface area contributed by atoms with E-state index in [0.29, 0.717) is 63.4 Å². The van der Waals surface area contributed by atoms with Crippen LogP contribution in [0.5, 0.6) is 0 Å². The zero-order valence-electron chi connectivity index (χ0n) is 15.8. The summed E-state index contributed by atoms with van der Waals surface area (Å²) in [7, 11) is -3.48. The number of nitrogens with one attached hydrogen (secondary N) is 1. The van der Waals surface area contributed by atoms with Crippen LogP contribution >= 0.6 is 0 Å². The van der Waals surface area contributed by atoms with Crippen molar-refractivity contribution in [1.82, 2.24) is 9.62 Å². The van der Waals surface area contributed by atoms with Crippen LogP contribution in [0.3, 0.4) is 0 Å². The molecular formula is C19H29N3O4S. The van der Waals surface area contributed by atoms with Crippen LogP contribution in [0.25, 0.3) is 0 Å². The van der Waals surface area contributed by atoms with E-state index in [1.165, 1.54) is 4.31 Å². The second-order valence-electron chi connectivity index (χ2n) is 7.56. The van der Waals surface area contributed by atoms with E-state index in [1.807, 2.05) is 6.92 Å². The van der Waals surface area contributed by atoms with Gasteiger partial charge >= 0.3 is 0 Å². The van der Waals surface area contributed by atoms with Crippen molar-refractivity contribution < 1.29 is 17.9 Å². The van der Waals surface area contributed by atoms with Crippen LogP contribution in [0.4, 0.5) is 0 Å². The molecule has 0 spiro atoms. The Morgan fingerprint density at radius 1 is 1.22 bits per heavy atom. The lowest BCUT2D eigenvalue weighted by Gasteiger charge is -2.37. The molecule has 2 aliphatic heterocycles. The highest BCUT2D eigenvalue weighted by Gasteiger charge is 2.40. The number of amides is 1. The summed E-state index contributed by atoms with van der Waals surface area (Å²) in [6, 6.07) is 6.89. The van der Waals surface area contributed by atoms with Crippen molar-refractivity contribution >= 4 is 15.9 Å². The van der Waals surface area contributed by atoms with E-state index in [1.54, 1.807) is 24.3 Å². The third kappa shape index (κ3) is 4.34. The van der Waals surface area contributed by atoms with Gasteiger partial charge in [-0.2, -0.15) is 4.31 Å². The van der Waals surface area contributed by atoms with Crippen molar-refractivity contribution in [3.63, 3.8) is 0 Å². The van der Waals surface area contributed by atoms with Gasteiger partial charge < -0.3 is 15.8 Å². The van der Waals surface area contributed by atoms with Gasteiger partial charge in [-0.15, -0.1) is 0 Å². The van der Waals surface area contributed by atoms with Gasteiger partial charge in [-0.1, -0.05) is 17.7 Å². The van der Waals surface area contributed by atoms with Gasteiger partial charge in [0.05, 0.1) is 10.3 Å². The molecule has 3 rings (SSSR count).